The molecule has 7 heteroatoms. The zero-order chi connectivity index (χ0) is 24.6. The second-order valence-electron chi connectivity index (χ2n) is 8.27. The highest BCUT2D eigenvalue weighted by Crippen LogP contribution is 2.19. The molecule has 1 aromatic carbocycles. The number of carbonyl (C=O) groups excluding carboxylic acids is 1. The van der Waals surface area contributed by atoms with Crippen molar-refractivity contribution in [3.05, 3.63) is 81.2 Å². The Labute approximate surface area is 200 Å². The zero-order valence-electron chi connectivity index (χ0n) is 19.2. The quantitative estimate of drug-likeness (QED) is 0.279. The first kappa shape index (κ1) is 26.1. The largest absolute Gasteiger partial charge is 0.334 e. The summed E-state index contributed by atoms with van der Waals surface area (Å²) in [6.45, 7) is 8.24. The van der Waals surface area contributed by atoms with Gasteiger partial charge in [-0.1, -0.05) is 48.0 Å². The van der Waals surface area contributed by atoms with E-state index in [1.807, 2.05) is 38.1 Å². The van der Waals surface area contributed by atoms with Crippen LogP contribution in [0.4, 0.5) is 0 Å². The number of halogens is 1. The number of aromatic nitrogens is 1. The standard InChI is InChI=1S/C26H31ClN4O2/c1-5-7-11-26(28,29)15-24(32)31(16-19(4)12-18(3)8-6-2)17-21-13-20-9-10-22(27)14-23(20)30-25(21)33/h1,6,8-10,12-14H,4,7,11,15-17,28-29H2,2-3H3,(H,30,33)/b8-6-,18-12-. The molecule has 0 fully saturated rings. The number of carbonyl (C=O) groups is 1. The predicted octanol–water partition coefficient (Wildman–Crippen LogP) is 4.01. The minimum atomic E-state index is -1.24. The van der Waals surface area contributed by atoms with Crippen molar-refractivity contribution < 1.29 is 4.79 Å². The molecule has 1 heterocycles. The molecule has 0 aliphatic heterocycles. The van der Waals surface area contributed by atoms with Crippen molar-refractivity contribution in [3.8, 4) is 12.3 Å². The molecular weight excluding hydrogens is 436 g/mol. The Hall–Kier alpha value is -3.11. The lowest BCUT2D eigenvalue weighted by Gasteiger charge is -2.29. The van der Waals surface area contributed by atoms with Crippen LogP contribution in [-0.4, -0.2) is 28.0 Å². The summed E-state index contributed by atoms with van der Waals surface area (Å²) in [6.07, 6.45) is 11.6. The van der Waals surface area contributed by atoms with Gasteiger partial charge in [-0.05, 0) is 49.4 Å². The van der Waals surface area contributed by atoms with Gasteiger partial charge in [0.25, 0.3) is 5.56 Å². The van der Waals surface area contributed by atoms with Gasteiger partial charge in [0.05, 0.1) is 18.6 Å². The van der Waals surface area contributed by atoms with Crippen LogP contribution in [-0.2, 0) is 11.3 Å². The second kappa shape index (κ2) is 11.7. The number of aromatic amines is 1. The van der Waals surface area contributed by atoms with Crippen LogP contribution in [0.3, 0.4) is 0 Å². The van der Waals surface area contributed by atoms with Crippen LogP contribution in [0.1, 0.15) is 38.7 Å². The monoisotopic (exact) mass is 466 g/mol. The zero-order valence-corrected chi connectivity index (χ0v) is 19.9. The molecule has 174 valence electrons. The molecule has 2 rings (SSSR count). The van der Waals surface area contributed by atoms with E-state index in [9.17, 15) is 9.59 Å². The second-order valence-corrected chi connectivity index (χ2v) is 8.70. The smallest absolute Gasteiger partial charge is 0.253 e. The first-order chi connectivity index (χ1) is 15.5. The fourth-order valence-corrected chi connectivity index (χ4v) is 3.66. The number of fused-ring (bicyclic) bond motifs is 1. The molecule has 2 aromatic rings. The molecule has 6 nitrogen and oxygen atoms in total. The Kier molecular flexibility index (Phi) is 9.24. The first-order valence-corrected chi connectivity index (χ1v) is 11.0. The van der Waals surface area contributed by atoms with Crippen molar-refractivity contribution in [2.75, 3.05) is 6.54 Å². The molecule has 1 amide bonds. The van der Waals surface area contributed by atoms with Crippen molar-refractivity contribution in [1.29, 1.82) is 0 Å². The number of terminal acetylenes is 1. The van der Waals surface area contributed by atoms with E-state index < -0.39 is 5.66 Å². The molecular formula is C26H31ClN4O2. The molecule has 1 aromatic heterocycles. The summed E-state index contributed by atoms with van der Waals surface area (Å²) in [5.74, 6) is 2.21. The first-order valence-electron chi connectivity index (χ1n) is 10.6. The van der Waals surface area contributed by atoms with Crippen LogP contribution in [0.2, 0.25) is 5.02 Å². The van der Waals surface area contributed by atoms with Crippen molar-refractivity contribution in [2.24, 2.45) is 11.5 Å². The van der Waals surface area contributed by atoms with E-state index in [0.717, 1.165) is 11.0 Å². The van der Waals surface area contributed by atoms with Crippen LogP contribution in [0.5, 0.6) is 0 Å². The van der Waals surface area contributed by atoms with Crippen molar-refractivity contribution in [3.63, 3.8) is 0 Å². The van der Waals surface area contributed by atoms with Gasteiger partial charge in [0, 0.05) is 29.1 Å². The average molecular weight is 467 g/mol. The molecule has 0 bridgehead atoms. The number of rotatable bonds is 10. The number of nitrogens with two attached hydrogens (primary N) is 2. The van der Waals surface area contributed by atoms with Gasteiger partial charge in [-0.25, -0.2) is 0 Å². The van der Waals surface area contributed by atoms with Crippen molar-refractivity contribution in [2.45, 2.75) is 45.3 Å². The van der Waals surface area contributed by atoms with Crippen LogP contribution in [0.15, 0.2) is 65.0 Å². The lowest BCUT2D eigenvalue weighted by Crippen LogP contribution is -2.53. The van der Waals surface area contributed by atoms with Gasteiger partial charge in [0.15, 0.2) is 0 Å². The Balaban J connectivity index is 2.35. The van der Waals surface area contributed by atoms with Crippen LogP contribution in [0.25, 0.3) is 10.9 Å². The minimum absolute atomic E-state index is 0.0769. The normalized spacial score (nSPS) is 12.2. The maximum atomic E-state index is 13.2. The number of hydrogen-bond acceptors (Lipinski definition) is 4. The summed E-state index contributed by atoms with van der Waals surface area (Å²) in [7, 11) is 0. The fraction of sp³-hybridized carbons (Fsp3) is 0.308. The molecule has 0 spiro atoms. The molecule has 0 aliphatic rings. The topological polar surface area (TPSA) is 105 Å². The van der Waals surface area contributed by atoms with Crippen LogP contribution in [0, 0.1) is 12.3 Å². The lowest BCUT2D eigenvalue weighted by molar-refractivity contribution is -0.132. The maximum absolute atomic E-state index is 13.2. The highest BCUT2D eigenvalue weighted by atomic mass is 35.5. The van der Waals surface area contributed by atoms with Crippen molar-refractivity contribution >= 4 is 28.4 Å². The molecule has 0 atom stereocenters. The third-order valence-electron chi connectivity index (χ3n) is 5.07. The number of nitrogens with one attached hydrogen (secondary N) is 1. The van der Waals surface area contributed by atoms with Crippen LogP contribution >= 0.6 is 11.6 Å². The highest BCUT2D eigenvalue weighted by molar-refractivity contribution is 6.31. The molecule has 33 heavy (non-hydrogen) atoms. The molecule has 5 N–H and O–H groups in total. The predicted molar refractivity (Wildman–Crippen MR) is 136 cm³/mol. The number of H-pyrrole nitrogens is 1. The number of amides is 1. The van der Waals surface area contributed by atoms with Gasteiger partial charge < -0.3 is 21.4 Å². The Morgan fingerprint density at radius 1 is 1.36 bits per heavy atom. The molecule has 0 aliphatic carbocycles. The van der Waals surface area contributed by atoms with E-state index in [1.54, 1.807) is 23.1 Å². The molecule has 0 saturated heterocycles. The molecule has 0 saturated carbocycles. The van der Waals surface area contributed by atoms with E-state index in [0.29, 0.717) is 34.5 Å². The van der Waals surface area contributed by atoms with Gasteiger partial charge in [0.1, 0.15) is 0 Å². The molecule has 0 unspecified atom stereocenters. The number of allylic oxidation sites excluding steroid dienone is 3. The van der Waals surface area contributed by atoms with Gasteiger partial charge in [0.2, 0.25) is 5.91 Å². The van der Waals surface area contributed by atoms with E-state index in [2.05, 4.69) is 17.5 Å². The van der Waals surface area contributed by atoms with Crippen molar-refractivity contribution in [1.82, 2.24) is 9.88 Å². The number of nitrogens with zero attached hydrogens (tertiary/aromatic N) is 1. The Bertz CT molecular complexity index is 1180. The number of pyridine rings is 1. The van der Waals surface area contributed by atoms with Gasteiger partial charge in [-0.2, -0.15) is 0 Å². The average Bonchev–Trinajstić information content (AvgIpc) is 2.72. The van der Waals surface area contributed by atoms with Gasteiger partial charge in [-0.3, -0.25) is 9.59 Å². The summed E-state index contributed by atoms with van der Waals surface area (Å²) in [5, 5.41) is 1.33. The number of hydrogen-bond donors (Lipinski definition) is 3. The van der Waals surface area contributed by atoms with E-state index in [1.165, 1.54) is 0 Å². The van der Waals surface area contributed by atoms with E-state index in [4.69, 9.17) is 29.5 Å². The third kappa shape index (κ3) is 8.07. The highest BCUT2D eigenvalue weighted by Gasteiger charge is 2.26. The van der Waals surface area contributed by atoms with E-state index in [-0.39, 0.29) is 31.0 Å². The Morgan fingerprint density at radius 2 is 2.09 bits per heavy atom. The molecule has 0 radical (unpaired) electrons. The minimum Gasteiger partial charge on any atom is -0.334 e. The van der Waals surface area contributed by atoms with Crippen LogP contribution < -0.4 is 17.0 Å². The summed E-state index contributed by atoms with van der Waals surface area (Å²) in [4.78, 5) is 30.3. The maximum Gasteiger partial charge on any atom is 0.253 e. The van der Waals surface area contributed by atoms with E-state index >= 15 is 0 Å². The summed E-state index contributed by atoms with van der Waals surface area (Å²) in [5.41, 5.74) is 13.5. The third-order valence-corrected chi connectivity index (χ3v) is 5.30. The summed E-state index contributed by atoms with van der Waals surface area (Å²) < 4.78 is 0. The summed E-state index contributed by atoms with van der Waals surface area (Å²) in [6, 6.07) is 7.00. The van der Waals surface area contributed by atoms with Gasteiger partial charge in [-0.15, -0.1) is 12.3 Å². The fourth-order valence-electron chi connectivity index (χ4n) is 3.48. The summed E-state index contributed by atoms with van der Waals surface area (Å²) >= 11 is 6.02. The lowest BCUT2D eigenvalue weighted by atomic mass is 10.0. The number of benzene rings is 1. The Morgan fingerprint density at radius 3 is 2.76 bits per heavy atom. The SMILES string of the molecule is C#CCCC(N)(N)CC(=O)N(CC(=C)/C=C(C)\C=C/C)Cc1cc2ccc(Cl)cc2[nH]c1=O. The van der Waals surface area contributed by atoms with Gasteiger partial charge >= 0.3 is 0 Å².